The van der Waals surface area contributed by atoms with E-state index in [4.69, 9.17) is 10.6 Å². The maximum absolute atomic E-state index is 5.57. The van der Waals surface area contributed by atoms with Crippen molar-refractivity contribution in [1.82, 2.24) is 5.43 Å². The van der Waals surface area contributed by atoms with Crippen molar-refractivity contribution in [2.24, 2.45) is 5.84 Å². The van der Waals surface area contributed by atoms with Crippen molar-refractivity contribution in [3.8, 4) is 0 Å². The summed E-state index contributed by atoms with van der Waals surface area (Å²) < 4.78 is 7.61. The maximum atomic E-state index is 5.57. The van der Waals surface area contributed by atoms with Crippen molar-refractivity contribution in [2.75, 3.05) is 6.61 Å². The summed E-state index contributed by atoms with van der Waals surface area (Å²) in [6.45, 7) is 4.55. The molecular weight excluding hydrogens is 336 g/mol. The van der Waals surface area contributed by atoms with Gasteiger partial charge in [-0.1, -0.05) is 31.9 Å². The summed E-state index contributed by atoms with van der Waals surface area (Å²) in [5.74, 6) is 5.54. The molecule has 0 saturated heterocycles. The van der Waals surface area contributed by atoms with Crippen LogP contribution in [-0.4, -0.2) is 12.7 Å². The number of hydrogen-bond acceptors (Lipinski definition) is 3. The molecule has 1 rings (SSSR count). The molecule has 0 aliphatic carbocycles. The highest BCUT2D eigenvalue weighted by atomic mass is 79.9. The first-order chi connectivity index (χ1) is 7.54. The molecular formula is C11H16Br2N2O. The molecule has 1 aromatic carbocycles. The molecule has 0 heterocycles. The van der Waals surface area contributed by atoms with Gasteiger partial charge in [0.15, 0.2) is 0 Å². The second kappa shape index (κ2) is 6.71. The Hall–Kier alpha value is 0.0600. The van der Waals surface area contributed by atoms with Crippen molar-refractivity contribution < 1.29 is 4.74 Å². The minimum atomic E-state index is -0.0192. The van der Waals surface area contributed by atoms with E-state index in [0.29, 0.717) is 6.61 Å². The van der Waals surface area contributed by atoms with Crippen LogP contribution in [0.25, 0.3) is 0 Å². The molecule has 3 nitrogen and oxygen atoms in total. The van der Waals surface area contributed by atoms with Crippen LogP contribution in [0.4, 0.5) is 0 Å². The maximum Gasteiger partial charge on any atom is 0.0705 e. The number of nitrogens with one attached hydrogen (secondary N) is 1. The van der Waals surface area contributed by atoms with Crippen LogP contribution in [0.5, 0.6) is 0 Å². The van der Waals surface area contributed by atoms with E-state index in [9.17, 15) is 0 Å². The third-order valence-corrected chi connectivity index (χ3v) is 3.35. The van der Waals surface area contributed by atoms with Gasteiger partial charge in [0.05, 0.1) is 18.8 Å². The first-order valence-corrected chi connectivity index (χ1v) is 6.66. The normalized spacial score (nSPS) is 13.1. The molecule has 0 radical (unpaired) electrons. The fourth-order valence-corrected chi connectivity index (χ4v) is 2.20. The van der Waals surface area contributed by atoms with E-state index in [-0.39, 0.29) is 12.1 Å². The van der Waals surface area contributed by atoms with Crippen LogP contribution in [0.1, 0.15) is 25.5 Å². The van der Waals surface area contributed by atoms with Crippen LogP contribution in [0.2, 0.25) is 0 Å². The highest BCUT2D eigenvalue weighted by Crippen LogP contribution is 2.27. The Morgan fingerprint density at radius 3 is 2.62 bits per heavy atom. The number of ether oxygens (including phenoxy) is 1. The Balaban J connectivity index is 2.81. The van der Waals surface area contributed by atoms with E-state index in [1.54, 1.807) is 0 Å². The molecule has 0 saturated carbocycles. The highest BCUT2D eigenvalue weighted by Gasteiger charge is 2.14. The molecule has 1 atom stereocenters. The Morgan fingerprint density at radius 2 is 2.06 bits per heavy atom. The number of nitrogens with two attached hydrogens (primary N) is 1. The Kier molecular flexibility index (Phi) is 5.92. The third kappa shape index (κ3) is 4.14. The lowest BCUT2D eigenvalue weighted by atomic mass is 10.1. The van der Waals surface area contributed by atoms with Crippen LogP contribution in [0.15, 0.2) is 27.1 Å². The van der Waals surface area contributed by atoms with E-state index < -0.39 is 0 Å². The molecule has 1 aromatic rings. The molecule has 0 bridgehead atoms. The van der Waals surface area contributed by atoms with E-state index in [1.807, 2.05) is 32.0 Å². The number of benzene rings is 1. The second-order valence-corrected chi connectivity index (χ2v) is 5.54. The number of halogens is 2. The van der Waals surface area contributed by atoms with Crippen molar-refractivity contribution in [2.45, 2.75) is 26.0 Å². The number of rotatable bonds is 5. The molecule has 0 aromatic heterocycles. The summed E-state index contributed by atoms with van der Waals surface area (Å²) in [7, 11) is 0. The summed E-state index contributed by atoms with van der Waals surface area (Å²) in [5.41, 5.74) is 3.85. The lowest BCUT2D eigenvalue weighted by Crippen LogP contribution is -2.32. The van der Waals surface area contributed by atoms with Crippen molar-refractivity contribution >= 4 is 31.9 Å². The first-order valence-electron chi connectivity index (χ1n) is 5.07. The molecule has 0 spiro atoms. The van der Waals surface area contributed by atoms with Gasteiger partial charge in [0.1, 0.15) is 0 Å². The van der Waals surface area contributed by atoms with Crippen molar-refractivity contribution in [1.29, 1.82) is 0 Å². The van der Waals surface area contributed by atoms with Gasteiger partial charge in [-0.15, -0.1) is 0 Å². The van der Waals surface area contributed by atoms with Gasteiger partial charge >= 0.3 is 0 Å². The van der Waals surface area contributed by atoms with Gasteiger partial charge < -0.3 is 4.74 Å². The lowest BCUT2D eigenvalue weighted by Gasteiger charge is -2.19. The Bertz CT molecular complexity index is 345. The predicted octanol–water partition coefficient (Wildman–Crippen LogP) is 3.14. The molecule has 0 aliphatic rings. The molecule has 16 heavy (non-hydrogen) atoms. The molecule has 0 aliphatic heterocycles. The van der Waals surface area contributed by atoms with Gasteiger partial charge in [0.25, 0.3) is 0 Å². The summed E-state index contributed by atoms with van der Waals surface area (Å²) in [5, 5.41) is 0. The topological polar surface area (TPSA) is 47.3 Å². The first kappa shape index (κ1) is 14.1. The van der Waals surface area contributed by atoms with Crippen LogP contribution in [-0.2, 0) is 4.74 Å². The SMILES string of the molecule is CC(C)OCC(NN)c1cc(Br)ccc1Br. The zero-order chi connectivity index (χ0) is 12.1. The van der Waals surface area contributed by atoms with Crippen LogP contribution in [0, 0.1) is 0 Å². The molecule has 0 amide bonds. The van der Waals surface area contributed by atoms with Crippen LogP contribution < -0.4 is 11.3 Å². The molecule has 3 N–H and O–H groups in total. The van der Waals surface area contributed by atoms with Gasteiger partial charge in [-0.25, -0.2) is 0 Å². The fraction of sp³-hybridized carbons (Fsp3) is 0.455. The highest BCUT2D eigenvalue weighted by molar-refractivity contribution is 9.11. The average Bonchev–Trinajstić information content (AvgIpc) is 2.23. The average molecular weight is 352 g/mol. The number of hydrogen-bond donors (Lipinski definition) is 2. The molecule has 1 unspecified atom stereocenters. The van der Waals surface area contributed by atoms with Gasteiger partial charge in [-0.3, -0.25) is 11.3 Å². The summed E-state index contributed by atoms with van der Waals surface area (Å²) >= 11 is 6.95. The predicted molar refractivity (Wildman–Crippen MR) is 73.0 cm³/mol. The van der Waals surface area contributed by atoms with E-state index in [1.165, 1.54) is 0 Å². The largest absolute Gasteiger partial charge is 0.377 e. The minimum Gasteiger partial charge on any atom is -0.377 e. The number of hydrazine groups is 1. The Morgan fingerprint density at radius 1 is 1.38 bits per heavy atom. The van der Waals surface area contributed by atoms with Crippen LogP contribution in [0.3, 0.4) is 0 Å². The zero-order valence-electron chi connectivity index (χ0n) is 9.34. The quantitative estimate of drug-likeness (QED) is 0.632. The van der Waals surface area contributed by atoms with Crippen molar-refractivity contribution in [3.05, 3.63) is 32.7 Å². The zero-order valence-corrected chi connectivity index (χ0v) is 12.5. The van der Waals surface area contributed by atoms with Gasteiger partial charge in [0.2, 0.25) is 0 Å². The molecule has 90 valence electrons. The Labute approximate surface area is 113 Å². The smallest absolute Gasteiger partial charge is 0.0705 e. The van der Waals surface area contributed by atoms with E-state index >= 15 is 0 Å². The van der Waals surface area contributed by atoms with E-state index in [2.05, 4.69) is 37.3 Å². The van der Waals surface area contributed by atoms with Crippen molar-refractivity contribution in [3.63, 3.8) is 0 Å². The summed E-state index contributed by atoms with van der Waals surface area (Å²) in [6, 6.07) is 5.97. The van der Waals surface area contributed by atoms with Gasteiger partial charge in [-0.2, -0.15) is 0 Å². The molecule has 0 fully saturated rings. The second-order valence-electron chi connectivity index (χ2n) is 3.77. The van der Waals surface area contributed by atoms with Gasteiger partial charge in [0, 0.05) is 8.95 Å². The fourth-order valence-electron chi connectivity index (χ4n) is 1.30. The summed E-state index contributed by atoms with van der Waals surface area (Å²) in [6.07, 6.45) is 0.196. The van der Waals surface area contributed by atoms with Crippen LogP contribution >= 0.6 is 31.9 Å². The monoisotopic (exact) mass is 350 g/mol. The molecule has 5 heteroatoms. The lowest BCUT2D eigenvalue weighted by molar-refractivity contribution is 0.0610. The van der Waals surface area contributed by atoms with E-state index in [0.717, 1.165) is 14.5 Å². The minimum absolute atomic E-state index is 0.0192. The summed E-state index contributed by atoms with van der Waals surface area (Å²) in [4.78, 5) is 0. The standard InChI is InChI=1S/C11H16Br2N2O/c1-7(2)16-6-11(15-14)9-5-8(12)3-4-10(9)13/h3-5,7,11,15H,6,14H2,1-2H3. The van der Waals surface area contributed by atoms with Gasteiger partial charge in [-0.05, 0) is 37.6 Å². The third-order valence-electron chi connectivity index (χ3n) is 2.13.